The molecule has 6 nitrogen and oxygen atoms in total. The Hall–Kier alpha value is -3.80. The molecule has 1 aliphatic heterocycles. The highest BCUT2D eigenvalue weighted by Crippen LogP contribution is 2.39. The number of benzene rings is 3. The fourth-order valence-electron chi connectivity index (χ4n) is 3.42. The molecule has 2 amide bonds. The van der Waals surface area contributed by atoms with E-state index in [0.29, 0.717) is 52.9 Å². The normalized spacial score (nSPS) is 12.3. The molecule has 30 heavy (non-hydrogen) atoms. The highest BCUT2D eigenvalue weighted by atomic mass is 16.5. The quantitative estimate of drug-likeness (QED) is 0.644. The second kappa shape index (κ2) is 8.29. The van der Waals surface area contributed by atoms with Gasteiger partial charge >= 0.3 is 0 Å². The Morgan fingerprint density at radius 3 is 2.57 bits per heavy atom. The molecule has 0 fully saturated rings. The first-order valence-electron chi connectivity index (χ1n) is 9.88. The Labute approximate surface area is 175 Å². The van der Waals surface area contributed by atoms with Crippen molar-refractivity contribution in [2.45, 2.75) is 13.8 Å². The Kier molecular flexibility index (Phi) is 5.39. The molecule has 0 saturated carbocycles. The third-order valence-electron chi connectivity index (χ3n) is 4.85. The number of carbonyl (C=O) groups is 2. The van der Waals surface area contributed by atoms with Gasteiger partial charge < -0.3 is 19.7 Å². The van der Waals surface area contributed by atoms with Crippen LogP contribution in [0.5, 0.6) is 17.2 Å². The maximum absolute atomic E-state index is 13.0. The third-order valence-corrected chi connectivity index (χ3v) is 4.85. The lowest BCUT2D eigenvalue weighted by Gasteiger charge is -2.21. The third kappa shape index (κ3) is 3.59. The van der Waals surface area contributed by atoms with Gasteiger partial charge in [-0.2, -0.15) is 0 Å². The second-order valence-electron chi connectivity index (χ2n) is 6.71. The van der Waals surface area contributed by atoms with Gasteiger partial charge in [-0.3, -0.25) is 9.59 Å². The number of para-hydroxylation sites is 3. The van der Waals surface area contributed by atoms with Gasteiger partial charge in [-0.15, -0.1) is 0 Å². The molecule has 0 spiro atoms. The minimum Gasteiger partial charge on any atom is -0.492 e. The molecule has 1 heterocycles. The number of rotatable bonds is 5. The largest absolute Gasteiger partial charge is 0.492 e. The summed E-state index contributed by atoms with van der Waals surface area (Å²) in [5, 5.41) is 2.89. The molecule has 6 heteroatoms. The Bertz CT molecular complexity index is 1110. The summed E-state index contributed by atoms with van der Waals surface area (Å²) in [5.41, 5.74) is 2.06. The predicted molar refractivity (Wildman–Crippen MR) is 116 cm³/mol. The molecule has 4 rings (SSSR count). The zero-order valence-electron chi connectivity index (χ0n) is 16.8. The van der Waals surface area contributed by atoms with Gasteiger partial charge in [-0.25, -0.2) is 0 Å². The van der Waals surface area contributed by atoms with E-state index in [1.165, 1.54) is 0 Å². The Balaban J connectivity index is 1.68. The lowest BCUT2D eigenvalue weighted by atomic mass is 10.1. The van der Waals surface area contributed by atoms with Crippen LogP contribution in [0.3, 0.4) is 0 Å². The van der Waals surface area contributed by atoms with Crippen molar-refractivity contribution in [3.05, 3.63) is 77.9 Å². The molecule has 1 aliphatic rings. The Morgan fingerprint density at radius 2 is 1.77 bits per heavy atom. The minimum absolute atomic E-state index is 0.161. The van der Waals surface area contributed by atoms with E-state index < -0.39 is 0 Å². The highest BCUT2D eigenvalue weighted by molar-refractivity contribution is 6.11. The van der Waals surface area contributed by atoms with Crippen LogP contribution in [0.1, 0.15) is 34.6 Å². The van der Waals surface area contributed by atoms with Crippen LogP contribution in [0, 0.1) is 0 Å². The fourth-order valence-corrected chi connectivity index (χ4v) is 3.42. The van der Waals surface area contributed by atoms with Gasteiger partial charge in [0, 0.05) is 12.1 Å². The molecule has 0 atom stereocenters. The zero-order chi connectivity index (χ0) is 21.1. The number of carbonyl (C=O) groups excluding carboxylic acids is 2. The van der Waals surface area contributed by atoms with Crippen LogP contribution < -0.4 is 19.7 Å². The fraction of sp³-hybridized carbons (Fsp3) is 0.167. The molecule has 152 valence electrons. The highest BCUT2D eigenvalue weighted by Gasteiger charge is 2.27. The number of hydrogen-bond donors (Lipinski definition) is 1. The van der Waals surface area contributed by atoms with Crippen molar-refractivity contribution in [3.63, 3.8) is 0 Å². The molecule has 3 aromatic rings. The van der Waals surface area contributed by atoms with E-state index in [4.69, 9.17) is 9.47 Å². The number of hydrogen-bond acceptors (Lipinski definition) is 4. The monoisotopic (exact) mass is 402 g/mol. The van der Waals surface area contributed by atoms with Crippen LogP contribution in [0.15, 0.2) is 66.7 Å². The standard InChI is InChI=1S/C24H22N2O4/c1-3-26-19-15-16(23(27)25-18-10-6-8-12-21(18)29-4-2)13-14-22(19)30-20-11-7-5-9-17(20)24(26)28/h5-15H,3-4H2,1-2H3,(H,25,27). The number of fused-ring (bicyclic) bond motifs is 2. The molecule has 0 radical (unpaired) electrons. The summed E-state index contributed by atoms with van der Waals surface area (Å²) in [7, 11) is 0. The van der Waals surface area contributed by atoms with Crippen LogP contribution in [-0.4, -0.2) is 25.0 Å². The van der Waals surface area contributed by atoms with Crippen LogP contribution in [0.25, 0.3) is 0 Å². The average Bonchev–Trinajstić information content (AvgIpc) is 2.88. The van der Waals surface area contributed by atoms with Gasteiger partial charge in [-0.05, 0) is 56.3 Å². The molecular weight excluding hydrogens is 380 g/mol. The molecular formula is C24H22N2O4. The van der Waals surface area contributed by atoms with Crippen molar-refractivity contribution < 1.29 is 19.1 Å². The van der Waals surface area contributed by atoms with E-state index in [1.807, 2.05) is 32.0 Å². The SMILES string of the molecule is CCOc1ccccc1NC(=O)c1ccc2c(c1)N(CC)C(=O)c1ccccc1O2. The minimum atomic E-state index is -0.296. The van der Waals surface area contributed by atoms with Crippen LogP contribution in [0.4, 0.5) is 11.4 Å². The van der Waals surface area contributed by atoms with Crippen molar-refractivity contribution in [2.24, 2.45) is 0 Å². The molecule has 0 unspecified atom stereocenters. The van der Waals surface area contributed by atoms with E-state index in [9.17, 15) is 9.59 Å². The van der Waals surface area contributed by atoms with Crippen molar-refractivity contribution in [1.29, 1.82) is 0 Å². The number of amides is 2. The maximum Gasteiger partial charge on any atom is 0.262 e. The van der Waals surface area contributed by atoms with Crippen molar-refractivity contribution in [3.8, 4) is 17.2 Å². The van der Waals surface area contributed by atoms with Gasteiger partial charge in [0.1, 0.15) is 11.5 Å². The molecule has 0 aliphatic carbocycles. The van der Waals surface area contributed by atoms with Crippen LogP contribution >= 0.6 is 0 Å². The van der Waals surface area contributed by atoms with Gasteiger partial charge in [0.15, 0.2) is 5.75 Å². The van der Waals surface area contributed by atoms with Gasteiger partial charge in [0.2, 0.25) is 0 Å². The van der Waals surface area contributed by atoms with Gasteiger partial charge in [0.25, 0.3) is 11.8 Å². The molecule has 0 saturated heterocycles. The molecule has 3 aromatic carbocycles. The zero-order valence-corrected chi connectivity index (χ0v) is 16.8. The van der Waals surface area contributed by atoms with Crippen LogP contribution in [-0.2, 0) is 0 Å². The molecule has 1 N–H and O–H groups in total. The van der Waals surface area contributed by atoms with E-state index in [0.717, 1.165) is 0 Å². The molecule has 0 aromatic heterocycles. The summed E-state index contributed by atoms with van der Waals surface area (Å²) in [6.07, 6.45) is 0. The smallest absolute Gasteiger partial charge is 0.262 e. The first-order valence-corrected chi connectivity index (χ1v) is 9.88. The van der Waals surface area contributed by atoms with E-state index >= 15 is 0 Å². The van der Waals surface area contributed by atoms with Crippen molar-refractivity contribution in [2.75, 3.05) is 23.4 Å². The topological polar surface area (TPSA) is 67.9 Å². The number of ether oxygens (including phenoxy) is 2. The lowest BCUT2D eigenvalue weighted by Crippen LogP contribution is -2.30. The van der Waals surface area contributed by atoms with E-state index in [-0.39, 0.29) is 11.8 Å². The summed E-state index contributed by atoms with van der Waals surface area (Å²) >= 11 is 0. The lowest BCUT2D eigenvalue weighted by molar-refractivity contribution is 0.0985. The maximum atomic E-state index is 13.0. The summed E-state index contributed by atoms with van der Waals surface area (Å²) in [5.74, 6) is 1.18. The Morgan fingerprint density at radius 1 is 1.00 bits per heavy atom. The predicted octanol–water partition coefficient (Wildman–Crippen LogP) is 5.11. The van der Waals surface area contributed by atoms with Crippen LogP contribution in [0.2, 0.25) is 0 Å². The average molecular weight is 402 g/mol. The van der Waals surface area contributed by atoms with E-state index in [1.54, 1.807) is 53.4 Å². The summed E-state index contributed by atoms with van der Waals surface area (Å²) in [4.78, 5) is 27.6. The summed E-state index contributed by atoms with van der Waals surface area (Å²) in [6, 6.07) is 19.5. The van der Waals surface area contributed by atoms with E-state index in [2.05, 4.69) is 5.32 Å². The van der Waals surface area contributed by atoms with Gasteiger partial charge in [0.05, 0.1) is 23.5 Å². The number of nitrogens with one attached hydrogen (secondary N) is 1. The number of nitrogens with zero attached hydrogens (tertiary/aromatic N) is 1. The second-order valence-corrected chi connectivity index (χ2v) is 6.71. The molecule has 0 bridgehead atoms. The summed E-state index contributed by atoms with van der Waals surface area (Å²) in [6.45, 7) is 4.72. The van der Waals surface area contributed by atoms with Gasteiger partial charge in [-0.1, -0.05) is 24.3 Å². The van der Waals surface area contributed by atoms with Crippen molar-refractivity contribution in [1.82, 2.24) is 0 Å². The van der Waals surface area contributed by atoms with Crippen molar-refractivity contribution >= 4 is 23.2 Å². The first-order chi connectivity index (χ1) is 14.6. The number of anilines is 2. The first kappa shape index (κ1) is 19.5. The summed E-state index contributed by atoms with van der Waals surface area (Å²) < 4.78 is 11.6.